The summed E-state index contributed by atoms with van der Waals surface area (Å²) in [4.78, 5) is 31.1. The van der Waals surface area contributed by atoms with E-state index in [4.69, 9.17) is 0 Å². The number of fused-ring (bicyclic) bond motifs is 2. The highest BCUT2D eigenvalue weighted by atomic mass is 32.2. The molecule has 2 N–H and O–H groups in total. The number of hydrogen-bond acceptors (Lipinski definition) is 7. The number of nitrogens with one attached hydrogen (secondary N) is 2. The molecule has 138 valence electrons. The van der Waals surface area contributed by atoms with Crippen molar-refractivity contribution in [3.05, 3.63) is 46.4 Å². The van der Waals surface area contributed by atoms with Crippen LogP contribution in [-0.4, -0.2) is 36.2 Å². The number of aromatic amines is 1. The summed E-state index contributed by atoms with van der Waals surface area (Å²) >= 11 is 2.69. The molecule has 4 aromatic rings. The van der Waals surface area contributed by atoms with Crippen LogP contribution in [0.1, 0.15) is 25.5 Å². The van der Waals surface area contributed by atoms with Gasteiger partial charge in [-0.25, -0.2) is 4.98 Å². The van der Waals surface area contributed by atoms with Crippen molar-refractivity contribution in [1.82, 2.24) is 24.6 Å². The molecule has 0 aliphatic carbocycles. The Morgan fingerprint density at radius 1 is 1.33 bits per heavy atom. The number of carbonyl (C=O) groups excluding carboxylic acids is 1. The smallest absolute Gasteiger partial charge is 0.252 e. The van der Waals surface area contributed by atoms with E-state index in [0.717, 1.165) is 15.9 Å². The van der Waals surface area contributed by atoms with Gasteiger partial charge in [0.25, 0.3) is 5.56 Å². The molecule has 0 spiro atoms. The van der Waals surface area contributed by atoms with E-state index in [-0.39, 0.29) is 23.1 Å². The molecule has 0 fully saturated rings. The zero-order valence-corrected chi connectivity index (χ0v) is 16.2. The molecule has 0 aliphatic heterocycles. The van der Waals surface area contributed by atoms with Crippen molar-refractivity contribution in [2.24, 2.45) is 0 Å². The summed E-state index contributed by atoms with van der Waals surface area (Å²) < 4.78 is 2.80. The number of benzene rings is 1. The topological polar surface area (TPSA) is 105 Å². The van der Waals surface area contributed by atoms with Gasteiger partial charge in [-0.15, -0.1) is 10.2 Å². The molecule has 0 aliphatic rings. The lowest BCUT2D eigenvalue weighted by atomic mass is 10.1. The number of thiazole rings is 1. The summed E-state index contributed by atoms with van der Waals surface area (Å²) in [5.41, 5.74) is 1.44. The number of rotatable bonds is 5. The average Bonchev–Trinajstić information content (AvgIpc) is 3.22. The van der Waals surface area contributed by atoms with E-state index < -0.39 is 0 Å². The molecule has 0 unspecified atom stereocenters. The first-order valence-corrected chi connectivity index (χ1v) is 10.1. The molecule has 0 bridgehead atoms. The first-order chi connectivity index (χ1) is 13.0. The van der Waals surface area contributed by atoms with E-state index in [1.54, 1.807) is 4.40 Å². The van der Waals surface area contributed by atoms with Gasteiger partial charge in [0.2, 0.25) is 11.7 Å². The highest BCUT2D eigenvalue weighted by Gasteiger charge is 2.16. The summed E-state index contributed by atoms with van der Waals surface area (Å²) in [6.07, 6.45) is 0. The predicted molar refractivity (Wildman–Crippen MR) is 107 cm³/mol. The molecular weight excluding hydrogens is 384 g/mol. The highest BCUT2D eigenvalue weighted by Crippen LogP contribution is 2.26. The van der Waals surface area contributed by atoms with Gasteiger partial charge >= 0.3 is 0 Å². The van der Waals surface area contributed by atoms with Crippen LogP contribution < -0.4 is 10.9 Å². The van der Waals surface area contributed by atoms with Gasteiger partial charge in [0.15, 0.2) is 10.3 Å². The number of anilines is 1. The molecule has 3 heterocycles. The van der Waals surface area contributed by atoms with E-state index in [1.807, 2.05) is 38.1 Å². The number of hydrogen-bond donors (Lipinski definition) is 2. The Balaban J connectivity index is 1.51. The fourth-order valence-electron chi connectivity index (χ4n) is 2.66. The minimum atomic E-state index is -0.219. The first kappa shape index (κ1) is 17.7. The van der Waals surface area contributed by atoms with Crippen molar-refractivity contribution in [1.29, 1.82) is 0 Å². The normalized spacial score (nSPS) is 11.5. The van der Waals surface area contributed by atoms with Crippen LogP contribution in [0.15, 0.2) is 40.3 Å². The van der Waals surface area contributed by atoms with Gasteiger partial charge in [-0.3, -0.25) is 19.0 Å². The molecule has 4 rings (SSSR count). The Kier molecular flexibility index (Phi) is 4.66. The summed E-state index contributed by atoms with van der Waals surface area (Å²) in [6.45, 7) is 3.98. The number of amides is 1. The van der Waals surface area contributed by atoms with E-state index in [1.165, 1.54) is 29.2 Å². The van der Waals surface area contributed by atoms with Gasteiger partial charge in [0.05, 0.1) is 16.0 Å². The van der Waals surface area contributed by atoms with Crippen LogP contribution in [0.4, 0.5) is 5.13 Å². The minimum Gasteiger partial charge on any atom is -0.301 e. The fourth-order valence-corrected chi connectivity index (χ4v) is 4.29. The number of carbonyl (C=O) groups is 1. The van der Waals surface area contributed by atoms with Gasteiger partial charge in [0.1, 0.15) is 0 Å². The van der Waals surface area contributed by atoms with Crippen molar-refractivity contribution < 1.29 is 4.79 Å². The number of nitrogens with zero attached hydrogens (tertiary/aromatic N) is 4. The molecule has 1 amide bonds. The third-order valence-electron chi connectivity index (χ3n) is 3.87. The lowest BCUT2D eigenvalue weighted by Crippen LogP contribution is -2.15. The van der Waals surface area contributed by atoms with Crippen molar-refractivity contribution in [3.63, 3.8) is 0 Å². The zero-order chi connectivity index (χ0) is 19.0. The maximum atomic E-state index is 12.3. The van der Waals surface area contributed by atoms with Gasteiger partial charge < -0.3 is 5.32 Å². The van der Waals surface area contributed by atoms with Crippen LogP contribution in [0, 0.1) is 0 Å². The Morgan fingerprint density at radius 3 is 2.93 bits per heavy atom. The Bertz CT molecular complexity index is 1160. The molecule has 8 nitrogen and oxygen atoms in total. The SMILES string of the molecule is CC(C)c1cc(=O)[nH]c2nnc(SCC(=O)Nc3nc4ccccc4s3)n12. The van der Waals surface area contributed by atoms with Gasteiger partial charge in [-0.1, -0.05) is 49.1 Å². The highest BCUT2D eigenvalue weighted by molar-refractivity contribution is 7.99. The maximum absolute atomic E-state index is 12.3. The molecular formula is C17H16N6O2S2. The minimum absolute atomic E-state index is 0.113. The van der Waals surface area contributed by atoms with Crippen LogP contribution in [-0.2, 0) is 4.79 Å². The van der Waals surface area contributed by atoms with Crippen LogP contribution in [0.25, 0.3) is 16.0 Å². The van der Waals surface area contributed by atoms with Crippen LogP contribution in [0.2, 0.25) is 0 Å². The lowest BCUT2D eigenvalue weighted by molar-refractivity contribution is -0.113. The molecule has 0 radical (unpaired) electrons. The van der Waals surface area contributed by atoms with Crippen LogP contribution >= 0.6 is 23.1 Å². The van der Waals surface area contributed by atoms with E-state index in [9.17, 15) is 9.59 Å². The summed E-state index contributed by atoms with van der Waals surface area (Å²) in [6, 6.07) is 9.26. The monoisotopic (exact) mass is 400 g/mol. The molecule has 0 saturated carbocycles. The quantitative estimate of drug-likeness (QED) is 0.499. The van der Waals surface area contributed by atoms with Crippen LogP contribution in [0.3, 0.4) is 0 Å². The van der Waals surface area contributed by atoms with Crippen LogP contribution in [0.5, 0.6) is 0 Å². The summed E-state index contributed by atoms with van der Waals surface area (Å²) in [5.74, 6) is 0.473. The summed E-state index contributed by atoms with van der Waals surface area (Å²) in [7, 11) is 0. The Labute approximate surface area is 162 Å². The molecule has 27 heavy (non-hydrogen) atoms. The first-order valence-electron chi connectivity index (χ1n) is 8.28. The second-order valence-corrected chi connectivity index (χ2v) is 8.15. The van der Waals surface area contributed by atoms with E-state index in [0.29, 0.717) is 16.1 Å². The van der Waals surface area contributed by atoms with Crippen molar-refractivity contribution in [2.45, 2.75) is 24.9 Å². The van der Waals surface area contributed by atoms with Crippen molar-refractivity contribution >= 4 is 50.1 Å². The lowest BCUT2D eigenvalue weighted by Gasteiger charge is -2.09. The third-order valence-corrected chi connectivity index (χ3v) is 5.75. The molecule has 0 saturated heterocycles. The molecule has 0 atom stereocenters. The molecule has 1 aromatic carbocycles. The van der Waals surface area contributed by atoms with E-state index in [2.05, 4.69) is 25.5 Å². The van der Waals surface area contributed by atoms with Crippen molar-refractivity contribution in [3.8, 4) is 0 Å². The van der Waals surface area contributed by atoms with Gasteiger partial charge in [-0.05, 0) is 18.1 Å². The second kappa shape index (κ2) is 7.12. The zero-order valence-electron chi connectivity index (χ0n) is 14.6. The fraction of sp³-hybridized carbons (Fsp3) is 0.235. The Hall–Kier alpha value is -2.72. The summed E-state index contributed by atoms with van der Waals surface area (Å²) in [5, 5.41) is 12.1. The number of para-hydroxylation sites is 1. The largest absolute Gasteiger partial charge is 0.301 e. The van der Waals surface area contributed by atoms with Crippen molar-refractivity contribution in [2.75, 3.05) is 11.1 Å². The number of aromatic nitrogens is 5. The number of H-pyrrole nitrogens is 1. The van der Waals surface area contributed by atoms with Gasteiger partial charge in [0, 0.05) is 11.8 Å². The Morgan fingerprint density at radius 2 is 2.15 bits per heavy atom. The molecule has 3 aromatic heterocycles. The third kappa shape index (κ3) is 3.58. The van der Waals surface area contributed by atoms with Gasteiger partial charge in [-0.2, -0.15) is 0 Å². The standard InChI is InChI=1S/C17H16N6O2S2/c1-9(2)11-7-13(24)19-15-21-22-17(23(11)15)26-8-14(25)20-16-18-10-5-3-4-6-12(10)27-16/h3-7,9H,8H2,1-2H3,(H,18,20,25)(H,19,21,24). The maximum Gasteiger partial charge on any atom is 0.252 e. The molecule has 10 heteroatoms. The number of thioether (sulfide) groups is 1. The predicted octanol–water partition coefficient (Wildman–Crippen LogP) is 2.88. The average molecular weight is 400 g/mol. The second-order valence-electron chi connectivity index (χ2n) is 6.18. The van der Waals surface area contributed by atoms with E-state index >= 15 is 0 Å².